The Morgan fingerprint density at radius 2 is 1.83 bits per heavy atom. The van der Waals surface area contributed by atoms with E-state index in [1.807, 2.05) is 0 Å². The van der Waals surface area contributed by atoms with Crippen LogP contribution in [0.1, 0.15) is 16.8 Å². The minimum Gasteiger partial charge on any atom is -0.369 e. The number of carbonyl (C=O) groups excluding carboxylic acids is 1. The first-order valence-electron chi connectivity index (χ1n) is 9.39. The van der Waals surface area contributed by atoms with E-state index in [-0.39, 0.29) is 22.1 Å². The first kappa shape index (κ1) is 21.0. The molecule has 0 unspecified atom stereocenters. The van der Waals surface area contributed by atoms with Gasteiger partial charge in [-0.3, -0.25) is 19.8 Å². The molecule has 1 amide bonds. The lowest BCUT2D eigenvalue weighted by atomic mass is 10.1. The van der Waals surface area contributed by atoms with E-state index in [4.69, 9.17) is 11.6 Å². The Hall–Kier alpha value is -2.71. The molecular weight excluding hydrogens is 399 g/mol. The molecular formula is C20H22ClFN4O3. The molecule has 7 nitrogen and oxygen atoms in total. The zero-order valence-corrected chi connectivity index (χ0v) is 16.6. The second-order valence-electron chi connectivity index (χ2n) is 6.83. The number of nitrogens with one attached hydrogen (secondary N) is 1. The normalized spacial score (nSPS) is 14.6. The van der Waals surface area contributed by atoms with Gasteiger partial charge in [-0.1, -0.05) is 11.6 Å². The van der Waals surface area contributed by atoms with Gasteiger partial charge in [0.1, 0.15) is 11.4 Å². The fraction of sp³-hybridized carbons (Fsp3) is 0.350. The minimum absolute atomic E-state index is 0.0320. The number of nitro groups is 1. The number of carbonyl (C=O) groups is 1. The predicted molar refractivity (Wildman–Crippen MR) is 110 cm³/mol. The van der Waals surface area contributed by atoms with E-state index < -0.39 is 10.8 Å². The van der Waals surface area contributed by atoms with Crippen molar-refractivity contribution in [2.24, 2.45) is 0 Å². The molecule has 0 saturated carbocycles. The highest BCUT2D eigenvalue weighted by molar-refractivity contribution is 6.31. The predicted octanol–water partition coefficient (Wildman–Crippen LogP) is 3.33. The Balaban J connectivity index is 1.41. The van der Waals surface area contributed by atoms with Crippen molar-refractivity contribution in [2.75, 3.05) is 44.2 Å². The maximum Gasteiger partial charge on any atom is 0.282 e. The Morgan fingerprint density at radius 3 is 2.48 bits per heavy atom. The number of amides is 1. The second kappa shape index (κ2) is 9.67. The van der Waals surface area contributed by atoms with Crippen molar-refractivity contribution in [1.29, 1.82) is 0 Å². The van der Waals surface area contributed by atoms with E-state index in [1.165, 1.54) is 30.3 Å². The Labute approximate surface area is 173 Å². The highest BCUT2D eigenvalue weighted by Gasteiger charge is 2.21. The molecule has 0 radical (unpaired) electrons. The number of anilines is 1. The fourth-order valence-electron chi connectivity index (χ4n) is 3.33. The van der Waals surface area contributed by atoms with Crippen LogP contribution in [0.4, 0.5) is 15.8 Å². The lowest BCUT2D eigenvalue weighted by Crippen LogP contribution is -2.47. The fourth-order valence-corrected chi connectivity index (χ4v) is 3.50. The topological polar surface area (TPSA) is 78.7 Å². The molecule has 1 fully saturated rings. The van der Waals surface area contributed by atoms with E-state index in [9.17, 15) is 19.3 Å². The molecule has 1 heterocycles. The number of hydrogen-bond donors (Lipinski definition) is 1. The van der Waals surface area contributed by atoms with Gasteiger partial charge in [0, 0.05) is 49.5 Å². The quantitative estimate of drug-likeness (QED) is 0.422. The average Bonchev–Trinajstić information content (AvgIpc) is 2.72. The molecule has 1 saturated heterocycles. The van der Waals surface area contributed by atoms with Crippen LogP contribution in [-0.4, -0.2) is 55.0 Å². The van der Waals surface area contributed by atoms with Crippen LogP contribution in [0.3, 0.4) is 0 Å². The summed E-state index contributed by atoms with van der Waals surface area (Å²) >= 11 is 5.86. The standard InChI is InChI=1S/C20H22ClFN4O3/c21-15-2-7-19(26(28)29)18(14-15)20(27)23-8-1-9-24-10-12-25(13-11-24)17-5-3-16(22)4-6-17/h2-7,14H,1,8-13H2,(H,23,27). The van der Waals surface area contributed by atoms with Crippen molar-refractivity contribution in [1.82, 2.24) is 10.2 Å². The summed E-state index contributed by atoms with van der Waals surface area (Å²) in [6, 6.07) is 10.4. The van der Waals surface area contributed by atoms with E-state index in [2.05, 4.69) is 15.1 Å². The maximum atomic E-state index is 13.0. The van der Waals surface area contributed by atoms with Crippen LogP contribution >= 0.6 is 11.6 Å². The molecule has 1 N–H and O–H groups in total. The van der Waals surface area contributed by atoms with E-state index in [0.717, 1.165) is 44.8 Å². The molecule has 0 aromatic heterocycles. The summed E-state index contributed by atoms with van der Waals surface area (Å²) in [5.41, 5.74) is 0.723. The largest absolute Gasteiger partial charge is 0.369 e. The number of nitro benzene ring substituents is 1. The third-order valence-corrected chi connectivity index (χ3v) is 5.14. The van der Waals surface area contributed by atoms with Crippen LogP contribution in [0.25, 0.3) is 0 Å². The summed E-state index contributed by atoms with van der Waals surface area (Å²) in [5, 5.41) is 14.1. The molecule has 0 atom stereocenters. The number of benzene rings is 2. The van der Waals surface area contributed by atoms with Crippen LogP contribution < -0.4 is 10.2 Å². The van der Waals surface area contributed by atoms with Crippen LogP contribution in [0, 0.1) is 15.9 Å². The van der Waals surface area contributed by atoms with Crippen molar-refractivity contribution in [3.63, 3.8) is 0 Å². The number of piperazine rings is 1. The van der Waals surface area contributed by atoms with Crippen LogP contribution in [0.2, 0.25) is 5.02 Å². The number of halogens is 2. The van der Waals surface area contributed by atoms with E-state index in [1.54, 1.807) is 12.1 Å². The number of hydrogen-bond acceptors (Lipinski definition) is 5. The van der Waals surface area contributed by atoms with Crippen molar-refractivity contribution in [3.8, 4) is 0 Å². The average molecular weight is 421 g/mol. The zero-order chi connectivity index (χ0) is 20.8. The number of rotatable bonds is 7. The molecule has 1 aliphatic rings. The van der Waals surface area contributed by atoms with Crippen molar-refractivity contribution < 1.29 is 14.1 Å². The van der Waals surface area contributed by atoms with Gasteiger partial charge in [-0.15, -0.1) is 0 Å². The lowest BCUT2D eigenvalue weighted by molar-refractivity contribution is -0.385. The number of nitrogens with zero attached hydrogens (tertiary/aromatic N) is 3. The maximum absolute atomic E-state index is 13.0. The van der Waals surface area contributed by atoms with Crippen molar-refractivity contribution in [3.05, 3.63) is 69.0 Å². The van der Waals surface area contributed by atoms with Gasteiger partial charge in [0.05, 0.1) is 4.92 Å². The van der Waals surface area contributed by atoms with Crippen LogP contribution in [-0.2, 0) is 0 Å². The van der Waals surface area contributed by atoms with E-state index >= 15 is 0 Å². The highest BCUT2D eigenvalue weighted by Crippen LogP contribution is 2.22. The zero-order valence-electron chi connectivity index (χ0n) is 15.8. The molecule has 2 aromatic rings. The van der Waals surface area contributed by atoms with Crippen LogP contribution in [0.15, 0.2) is 42.5 Å². The Bertz CT molecular complexity index is 871. The van der Waals surface area contributed by atoms with Crippen molar-refractivity contribution >= 4 is 28.9 Å². The molecule has 0 aliphatic carbocycles. The first-order chi connectivity index (χ1) is 13.9. The van der Waals surface area contributed by atoms with Crippen LogP contribution in [0.5, 0.6) is 0 Å². The van der Waals surface area contributed by atoms with Gasteiger partial charge >= 0.3 is 0 Å². The minimum atomic E-state index is -0.591. The summed E-state index contributed by atoms with van der Waals surface area (Å²) < 4.78 is 13.0. The second-order valence-corrected chi connectivity index (χ2v) is 7.27. The lowest BCUT2D eigenvalue weighted by Gasteiger charge is -2.36. The van der Waals surface area contributed by atoms with Crippen molar-refractivity contribution in [2.45, 2.75) is 6.42 Å². The molecule has 3 rings (SSSR count). The molecule has 29 heavy (non-hydrogen) atoms. The van der Waals surface area contributed by atoms with E-state index in [0.29, 0.717) is 6.54 Å². The van der Waals surface area contributed by atoms with Gasteiger partial charge < -0.3 is 10.2 Å². The summed E-state index contributed by atoms with van der Waals surface area (Å²) in [6.07, 6.45) is 0.733. The SMILES string of the molecule is O=C(NCCCN1CCN(c2ccc(F)cc2)CC1)c1cc(Cl)ccc1[N+](=O)[O-]. The monoisotopic (exact) mass is 420 g/mol. The molecule has 2 aromatic carbocycles. The van der Waals surface area contributed by atoms with Gasteiger partial charge in [-0.05, 0) is 49.4 Å². The summed E-state index contributed by atoms with van der Waals surface area (Å²) in [7, 11) is 0. The van der Waals surface area contributed by atoms with Gasteiger partial charge in [0.2, 0.25) is 0 Å². The summed E-state index contributed by atoms with van der Waals surface area (Å²) in [5.74, 6) is -0.738. The van der Waals surface area contributed by atoms with Gasteiger partial charge in [0.15, 0.2) is 0 Å². The third-order valence-electron chi connectivity index (χ3n) is 4.90. The Kier molecular flexibility index (Phi) is 7.00. The first-order valence-corrected chi connectivity index (χ1v) is 9.77. The molecule has 0 spiro atoms. The third kappa shape index (κ3) is 5.65. The molecule has 0 bridgehead atoms. The summed E-state index contributed by atoms with van der Waals surface area (Å²) in [6.45, 7) is 4.70. The van der Waals surface area contributed by atoms with Gasteiger partial charge in [-0.2, -0.15) is 0 Å². The summed E-state index contributed by atoms with van der Waals surface area (Å²) in [4.78, 5) is 27.3. The smallest absolute Gasteiger partial charge is 0.282 e. The van der Waals surface area contributed by atoms with Gasteiger partial charge in [-0.25, -0.2) is 4.39 Å². The highest BCUT2D eigenvalue weighted by atomic mass is 35.5. The molecule has 1 aliphatic heterocycles. The Morgan fingerprint density at radius 1 is 1.14 bits per heavy atom. The van der Waals surface area contributed by atoms with Gasteiger partial charge in [0.25, 0.3) is 11.6 Å². The molecule has 154 valence electrons. The molecule has 9 heteroatoms.